The summed E-state index contributed by atoms with van der Waals surface area (Å²) < 4.78 is 21.6. The fourth-order valence-corrected chi connectivity index (χ4v) is 4.47. The normalized spacial score (nSPS) is 12.2. The third kappa shape index (κ3) is 4.20. The molecule has 1 N–H and O–H groups in total. The summed E-state index contributed by atoms with van der Waals surface area (Å²) >= 11 is 0. The van der Waals surface area contributed by atoms with Gasteiger partial charge in [-0.25, -0.2) is 0 Å². The summed E-state index contributed by atoms with van der Waals surface area (Å²) in [6, 6.07) is 13.1. The molecule has 10 heteroatoms. The smallest absolute Gasteiger partial charge is 0.262 e. The van der Waals surface area contributed by atoms with E-state index in [0.717, 1.165) is 4.90 Å². The van der Waals surface area contributed by atoms with Crippen molar-refractivity contribution in [3.8, 4) is 34.8 Å². The van der Waals surface area contributed by atoms with Gasteiger partial charge in [0.05, 0.1) is 51.7 Å². The molecular weight excluding hydrogens is 502 g/mol. The maximum Gasteiger partial charge on any atom is 0.262 e. The number of nitrogens with zero attached hydrogens (tertiary/aromatic N) is 2. The van der Waals surface area contributed by atoms with Crippen molar-refractivity contribution in [2.24, 2.45) is 0 Å². The zero-order chi connectivity index (χ0) is 27.7. The molecule has 1 aliphatic heterocycles. The number of carbonyl (C=O) groups excluding carboxylic acids is 3. The Bertz CT molecular complexity index is 1650. The quantitative estimate of drug-likeness (QED) is 0.221. The number of hydrogen-bond donors (Lipinski definition) is 1. The van der Waals surface area contributed by atoms with Crippen LogP contribution in [0, 0.1) is 11.8 Å². The van der Waals surface area contributed by atoms with Gasteiger partial charge in [-0.2, -0.15) is 5.10 Å². The molecule has 0 fully saturated rings. The van der Waals surface area contributed by atoms with Gasteiger partial charge in [0.25, 0.3) is 11.8 Å². The largest absolute Gasteiger partial charge is 0.495 e. The second-order valence-electron chi connectivity index (χ2n) is 8.42. The highest BCUT2D eigenvalue weighted by atomic mass is 16.5. The lowest BCUT2D eigenvalue weighted by Crippen LogP contribution is -2.30. The summed E-state index contributed by atoms with van der Waals surface area (Å²) in [4.78, 5) is 39.9. The Balaban J connectivity index is 1.50. The van der Waals surface area contributed by atoms with Crippen LogP contribution in [-0.2, 0) is 0 Å². The van der Waals surface area contributed by atoms with Crippen LogP contribution in [0.15, 0.2) is 48.5 Å². The molecule has 5 rings (SSSR count). The maximum atomic E-state index is 13.5. The van der Waals surface area contributed by atoms with Crippen LogP contribution in [0.2, 0.25) is 0 Å². The molecule has 10 nitrogen and oxygen atoms in total. The number of amides is 2. The first-order valence-corrected chi connectivity index (χ1v) is 11.8. The number of ketones is 1. The summed E-state index contributed by atoms with van der Waals surface area (Å²) in [5.74, 6) is 6.19. The Morgan fingerprint density at radius 1 is 0.872 bits per heavy atom. The minimum Gasteiger partial charge on any atom is -0.495 e. The minimum absolute atomic E-state index is 0.118. The number of imide groups is 1. The van der Waals surface area contributed by atoms with Crippen molar-refractivity contribution < 1.29 is 33.3 Å². The fourth-order valence-electron chi connectivity index (χ4n) is 4.47. The monoisotopic (exact) mass is 525 g/mol. The first-order chi connectivity index (χ1) is 18.9. The predicted molar refractivity (Wildman–Crippen MR) is 141 cm³/mol. The van der Waals surface area contributed by atoms with E-state index < -0.39 is 11.8 Å². The van der Waals surface area contributed by atoms with Gasteiger partial charge in [-0.1, -0.05) is 24.0 Å². The Hall–Kier alpha value is -5.30. The van der Waals surface area contributed by atoms with E-state index in [1.54, 1.807) is 48.5 Å². The molecule has 0 atom stereocenters. The van der Waals surface area contributed by atoms with Gasteiger partial charge in [-0.05, 0) is 36.4 Å². The average molecular weight is 526 g/mol. The predicted octanol–water partition coefficient (Wildman–Crippen LogP) is 3.48. The lowest BCUT2D eigenvalue weighted by Gasteiger charge is -2.13. The number of aromatic amines is 1. The van der Waals surface area contributed by atoms with Crippen LogP contribution in [0.4, 0.5) is 0 Å². The second kappa shape index (κ2) is 10.2. The zero-order valence-electron chi connectivity index (χ0n) is 21.6. The van der Waals surface area contributed by atoms with Crippen molar-refractivity contribution in [1.29, 1.82) is 0 Å². The molecule has 196 valence electrons. The fraction of sp³-hybridized carbons (Fsp3) is 0.172. The topological polar surface area (TPSA) is 120 Å². The molecule has 0 unspecified atom stereocenters. The lowest BCUT2D eigenvalue weighted by molar-refractivity contribution is 0.0674. The molecule has 3 aromatic carbocycles. The third-order valence-corrected chi connectivity index (χ3v) is 6.39. The van der Waals surface area contributed by atoms with Crippen LogP contribution in [0.25, 0.3) is 10.9 Å². The number of benzene rings is 3. The van der Waals surface area contributed by atoms with E-state index in [4.69, 9.17) is 18.9 Å². The van der Waals surface area contributed by atoms with Crippen LogP contribution >= 0.6 is 0 Å². The number of aromatic nitrogens is 2. The number of nitrogens with one attached hydrogen (secondary N) is 1. The first-order valence-electron chi connectivity index (χ1n) is 11.8. The lowest BCUT2D eigenvalue weighted by atomic mass is 10.0. The van der Waals surface area contributed by atoms with Gasteiger partial charge in [-0.3, -0.25) is 24.4 Å². The Morgan fingerprint density at radius 2 is 1.49 bits per heavy atom. The van der Waals surface area contributed by atoms with Gasteiger partial charge >= 0.3 is 0 Å². The third-order valence-electron chi connectivity index (χ3n) is 6.39. The molecule has 2 heterocycles. The SMILES string of the molecule is COc1cc(C(=O)c2[nH]nc3c(C#CCN4C(=O)c5ccccc5C4=O)c(OC)ccc23)cc(OC)c1OC. The van der Waals surface area contributed by atoms with E-state index in [-0.39, 0.29) is 18.0 Å². The number of rotatable bonds is 7. The Kier molecular flexibility index (Phi) is 6.64. The van der Waals surface area contributed by atoms with E-state index in [1.807, 2.05) is 0 Å². The van der Waals surface area contributed by atoms with E-state index in [0.29, 0.717) is 56.2 Å². The van der Waals surface area contributed by atoms with Gasteiger partial charge in [0.15, 0.2) is 11.5 Å². The molecule has 0 saturated heterocycles. The van der Waals surface area contributed by atoms with E-state index in [2.05, 4.69) is 22.0 Å². The molecule has 0 bridgehead atoms. The zero-order valence-corrected chi connectivity index (χ0v) is 21.6. The average Bonchev–Trinajstić information content (AvgIpc) is 3.51. The van der Waals surface area contributed by atoms with Crippen LogP contribution in [-0.4, -0.2) is 67.7 Å². The molecule has 0 aliphatic carbocycles. The number of carbonyl (C=O) groups is 3. The van der Waals surface area contributed by atoms with Crippen molar-refractivity contribution in [2.75, 3.05) is 35.0 Å². The highest BCUT2D eigenvalue weighted by Crippen LogP contribution is 2.39. The molecule has 0 spiro atoms. The highest BCUT2D eigenvalue weighted by molar-refractivity contribution is 6.21. The highest BCUT2D eigenvalue weighted by Gasteiger charge is 2.34. The van der Waals surface area contributed by atoms with Gasteiger partial charge in [0.2, 0.25) is 11.5 Å². The van der Waals surface area contributed by atoms with Crippen LogP contribution in [0.5, 0.6) is 23.0 Å². The summed E-state index contributed by atoms with van der Waals surface area (Å²) in [5, 5.41) is 7.67. The van der Waals surface area contributed by atoms with Gasteiger partial charge in [0, 0.05) is 10.9 Å². The standard InChI is InChI=1S/C29H23N3O7/c1-36-21-12-11-20-24(19(21)10-7-13-32-28(34)17-8-5-6-9-18(17)29(32)35)30-31-25(20)26(33)16-14-22(37-2)27(39-4)23(15-16)38-3/h5-6,8-9,11-12,14-15H,13H2,1-4H3,(H,30,31). The minimum atomic E-state index is -0.395. The summed E-state index contributed by atoms with van der Waals surface area (Å²) in [7, 11) is 5.91. The molecule has 4 aromatic rings. The van der Waals surface area contributed by atoms with Gasteiger partial charge in [-0.15, -0.1) is 0 Å². The van der Waals surface area contributed by atoms with E-state index >= 15 is 0 Å². The van der Waals surface area contributed by atoms with Crippen molar-refractivity contribution in [3.05, 3.63) is 76.5 Å². The van der Waals surface area contributed by atoms with E-state index in [1.165, 1.54) is 28.4 Å². The first kappa shape index (κ1) is 25.4. The van der Waals surface area contributed by atoms with Crippen LogP contribution in [0.3, 0.4) is 0 Å². The second-order valence-corrected chi connectivity index (χ2v) is 8.42. The van der Waals surface area contributed by atoms with Crippen molar-refractivity contribution in [1.82, 2.24) is 15.1 Å². The number of H-pyrrole nitrogens is 1. The van der Waals surface area contributed by atoms with Crippen LogP contribution < -0.4 is 18.9 Å². The van der Waals surface area contributed by atoms with Crippen molar-refractivity contribution >= 4 is 28.5 Å². The van der Waals surface area contributed by atoms with E-state index in [9.17, 15) is 14.4 Å². The Labute approximate surface area is 223 Å². The number of methoxy groups -OCH3 is 4. The van der Waals surface area contributed by atoms with Crippen molar-refractivity contribution in [3.63, 3.8) is 0 Å². The molecule has 0 radical (unpaired) electrons. The molecule has 1 aromatic heterocycles. The maximum absolute atomic E-state index is 13.5. The number of fused-ring (bicyclic) bond motifs is 2. The molecule has 2 amide bonds. The van der Waals surface area contributed by atoms with Gasteiger partial charge < -0.3 is 18.9 Å². The van der Waals surface area contributed by atoms with Crippen LogP contribution in [0.1, 0.15) is 42.3 Å². The number of hydrogen-bond acceptors (Lipinski definition) is 8. The Morgan fingerprint density at radius 3 is 2.05 bits per heavy atom. The summed E-state index contributed by atoms with van der Waals surface area (Å²) in [6.45, 7) is -0.118. The molecule has 1 aliphatic rings. The summed E-state index contributed by atoms with van der Waals surface area (Å²) in [5.41, 5.74) is 2.04. The molecular formula is C29H23N3O7. The summed E-state index contributed by atoms with van der Waals surface area (Å²) in [6.07, 6.45) is 0. The van der Waals surface area contributed by atoms with Crippen molar-refractivity contribution in [2.45, 2.75) is 0 Å². The molecule has 39 heavy (non-hydrogen) atoms. The number of ether oxygens (including phenoxy) is 4. The van der Waals surface area contributed by atoms with Gasteiger partial charge in [0.1, 0.15) is 17.0 Å². The molecule has 0 saturated carbocycles.